The van der Waals surface area contributed by atoms with Gasteiger partial charge in [0.15, 0.2) is 5.69 Å². The van der Waals surface area contributed by atoms with Gasteiger partial charge in [-0.05, 0) is 43.2 Å². The molecular formula is C22H19ClN6O. The maximum Gasteiger partial charge on any atom is 0.271 e. The van der Waals surface area contributed by atoms with Crippen LogP contribution in [0.3, 0.4) is 0 Å². The highest BCUT2D eigenvalue weighted by Gasteiger charge is 2.29. The Morgan fingerprint density at radius 1 is 1.17 bits per heavy atom. The number of nitrogens with zero attached hydrogens (tertiary/aromatic N) is 5. The van der Waals surface area contributed by atoms with E-state index in [0.29, 0.717) is 17.4 Å². The molecular weight excluding hydrogens is 400 g/mol. The van der Waals surface area contributed by atoms with Crippen molar-refractivity contribution < 1.29 is 4.79 Å². The molecule has 0 saturated carbocycles. The summed E-state index contributed by atoms with van der Waals surface area (Å²) in [6.07, 6.45) is 2.50. The van der Waals surface area contributed by atoms with Crippen LogP contribution in [0.15, 0.2) is 48.7 Å². The molecule has 0 bridgehead atoms. The molecule has 0 fully saturated rings. The van der Waals surface area contributed by atoms with E-state index in [0.717, 1.165) is 45.9 Å². The fourth-order valence-corrected chi connectivity index (χ4v) is 4.02. The SMILES string of the molecule is CNC(=O)c1cc2n(n1)CCc1c(-c3ccc(Cl)nc3)nn(-c3ccccc3C)c1-2. The summed E-state index contributed by atoms with van der Waals surface area (Å²) in [6, 6.07) is 13.6. The number of nitrogens with one attached hydrogen (secondary N) is 1. The van der Waals surface area contributed by atoms with E-state index < -0.39 is 0 Å². The molecule has 0 atom stereocenters. The summed E-state index contributed by atoms with van der Waals surface area (Å²) in [5.74, 6) is -0.206. The summed E-state index contributed by atoms with van der Waals surface area (Å²) >= 11 is 5.99. The Hall–Kier alpha value is -3.45. The van der Waals surface area contributed by atoms with Crippen LogP contribution in [0, 0.1) is 6.92 Å². The molecule has 5 rings (SSSR count). The summed E-state index contributed by atoms with van der Waals surface area (Å²) < 4.78 is 3.84. The molecule has 7 nitrogen and oxygen atoms in total. The maximum atomic E-state index is 12.2. The molecule has 1 aliphatic heterocycles. The Bertz CT molecular complexity index is 1270. The second-order valence-corrected chi connectivity index (χ2v) is 7.60. The lowest BCUT2D eigenvalue weighted by molar-refractivity contribution is 0.0957. The van der Waals surface area contributed by atoms with Crippen molar-refractivity contribution in [2.45, 2.75) is 19.9 Å². The van der Waals surface area contributed by atoms with E-state index >= 15 is 0 Å². The molecule has 150 valence electrons. The highest BCUT2D eigenvalue weighted by molar-refractivity contribution is 6.29. The molecule has 0 saturated heterocycles. The molecule has 0 radical (unpaired) electrons. The highest BCUT2D eigenvalue weighted by atomic mass is 35.5. The van der Waals surface area contributed by atoms with Crippen molar-refractivity contribution in [3.8, 4) is 28.3 Å². The van der Waals surface area contributed by atoms with E-state index in [1.54, 1.807) is 19.3 Å². The second-order valence-electron chi connectivity index (χ2n) is 7.21. The van der Waals surface area contributed by atoms with Gasteiger partial charge in [0, 0.05) is 30.9 Å². The lowest BCUT2D eigenvalue weighted by Gasteiger charge is -2.17. The Morgan fingerprint density at radius 3 is 2.73 bits per heavy atom. The van der Waals surface area contributed by atoms with Crippen molar-refractivity contribution in [1.82, 2.24) is 29.9 Å². The fourth-order valence-electron chi connectivity index (χ4n) is 3.91. The average Bonchev–Trinajstić information content (AvgIpc) is 3.36. The third-order valence-electron chi connectivity index (χ3n) is 5.38. The van der Waals surface area contributed by atoms with E-state index in [9.17, 15) is 4.79 Å². The minimum Gasteiger partial charge on any atom is -0.354 e. The Kier molecular flexibility index (Phi) is 4.40. The normalized spacial score (nSPS) is 12.4. The lowest BCUT2D eigenvalue weighted by Crippen LogP contribution is -2.19. The van der Waals surface area contributed by atoms with Crippen molar-refractivity contribution in [3.05, 3.63) is 70.6 Å². The average molecular weight is 419 g/mol. The molecule has 1 aromatic carbocycles. The summed E-state index contributed by atoms with van der Waals surface area (Å²) in [5.41, 5.74) is 7.19. The molecule has 1 aliphatic rings. The van der Waals surface area contributed by atoms with Crippen LogP contribution in [0.1, 0.15) is 21.6 Å². The van der Waals surface area contributed by atoms with Gasteiger partial charge in [0.2, 0.25) is 0 Å². The van der Waals surface area contributed by atoms with Gasteiger partial charge in [0.1, 0.15) is 5.15 Å². The van der Waals surface area contributed by atoms with Gasteiger partial charge in [0.05, 0.1) is 22.8 Å². The van der Waals surface area contributed by atoms with Gasteiger partial charge in [-0.15, -0.1) is 0 Å². The van der Waals surface area contributed by atoms with Gasteiger partial charge in [-0.3, -0.25) is 9.48 Å². The molecule has 0 spiro atoms. The van der Waals surface area contributed by atoms with Crippen LogP contribution >= 0.6 is 11.6 Å². The number of fused-ring (bicyclic) bond motifs is 3. The number of carbonyl (C=O) groups excluding carboxylic acids is 1. The number of halogens is 1. The summed E-state index contributed by atoms with van der Waals surface area (Å²) in [6.45, 7) is 2.73. The smallest absolute Gasteiger partial charge is 0.271 e. The number of benzene rings is 1. The van der Waals surface area contributed by atoms with E-state index in [-0.39, 0.29) is 5.91 Å². The standard InChI is InChI=1S/C22H19ClN6O/c1-13-5-3-4-6-17(13)29-21-15(20(27-29)14-7-8-19(23)25-12-14)9-10-28-18(21)11-16(26-28)22(30)24-2/h3-8,11-12H,9-10H2,1-2H3,(H,24,30). The summed E-state index contributed by atoms with van der Waals surface area (Å²) in [7, 11) is 1.61. The third kappa shape index (κ3) is 2.90. The number of rotatable bonds is 3. The number of aromatic nitrogens is 5. The van der Waals surface area contributed by atoms with Crippen molar-refractivity contribution in [2.75, 3.05) is 7.05 Å². The molecule has 1 amide bonds. The van der Waals surface area contributed by atoms with Crippen LogP contribution in [0.25, 0.3) is 28.3 Å². The number of aryl methyl sites for hydroxylation is 2. The first-order valence-corrected chi connectivity index (χ1v) is 10.0. The zero-order valence-corrected chi connectivity index (χ0v) is 17.3. The number of hydrogen-bond acceptors (Lipinski definition) is 4. The molecule has 0 unspecified atom stereocenters. The van der Waals surface area contributed by atoms with Gasteiger partial charge in [-0.2, -0.15) is 10.2 Å². The zero-order chi connectivity index (χ0) is 20.8. The first-order valence-electron chi connectivity index (χ1n) is 9.67. The number of carbonyl (C=O) groups is 1. The van der Waals surface area contributed by atoms with E-state index in [4.69, 9.17) is 16.7 Å². The molecule has 4 aromatic rings. The number of pyridine rings is 1. The second kappa shape index (κ2) is 7.11. The van der Waals surface area contributed by atoms with E-state index in [2.05, 4.69) is 28.4 Å². The molecule has 1 N–H and O–H groups in total. The monoisotopic (exact) mass is 418 g/mol. The van der Waals surface area contributed by atoms with Crippen LogP contribution < -0.4 is 5.32 Å². The summed E-state index contributed by atoms with van der Waals surface area (Å²) in [5, 5.41) is 12.6. The van der Waals surface area contributed by atoms with Gasteiger partial charge < -0.3 is 5.32 Å². The molecule has 30 heavy (non-hydrogen) atoms. The number of amides is 1. The van der Waals surface area contributed by atoms with Gasteiger partial charge in [-0.25, -0.2) is 9.67 Å². The van der Waals surface area contributed by atoms with Crippen LogP contribution in [0.5, 0.6) is 0 Å². The van der Waals surface area contributed by atoms with Gasteiger partial charge >= 0.3 is 0 Å². The fraction of sp³-hybridized carbons (Fsp3) is 0.182. The zero-order valence-electron chi connectivity index (χ0n) is 16.6. The van der Waals surface area contributed by atoms with Crippen LogP contribution in [0.4, 0.5) is 0 Å². The van der Waals surface area contributed by atoms with Crippen LogP contribution in [-0.4, -0.2) is 37.5 Å². The minimum absolute atomic E-state index is 0.206. The molecule has 3 aromatic heterocycles. The van der Waals surface area contributed by atoms with E-state index in [1.807, 2.05) is 39.7 Å². The third-order valence-corrected chi connectivity index (χ3v) is 5.61. The number of hydrogen-bond donors (Lipinski definition) is 1. The highest BCUT2D eigenvalue weighted by Crippen LogP contribution is 2.38. The summed E-state index contributed by atoms with van der Waals surface area (Å²) in [4.78, 5) is 16.4. The topological polar surface area (TPSA) is 77.6 Å². The van der Waals surface area contributed by atoms with Crippen molar-refractivity contribution in [3.63, 3.8) is 0 Å². The van der Waals surface area contributed by atoms with Crippen molar-refractivity contribution >= 4 is 17.5 Å². The van der Waals surface area contributed by atoms with Crippen molar-refractivity contribution in [2.24, 2.45) is 0 Å². The lowest BCUT2D eigenvalue weighted by atomic mass is 10.00. The van der Waals surface area contributed by atoms with Gasteiger partial charge in [-0.1, -0.05) is 29.8 Å². The van der Waals surface area contributed by atoms with Crippen LogP contribution in [0.2, 0.25) is 5.15 Å². The first-order chi connectivity index (χ1) is 14.6. The minimum atomic E-state index is -0.206. The van der Waals surface area contributed by atoms with Gasteiger partial charge in [0.25, 0.3) is 5.91 Å². The van der Waals surface area contributed by atoms with Crippen molar-refractivity contribution in [1.29, 1.82) is 0 Å². The predicted molar refractivity (Wildman–Crippen MR) is 115 cm³/mol. The molecule has 4 heterocycles. The molecule has 8 heteroatoms. The number of para-hydroxylation sites is 1. The predicted octanol–water partition coefficient (Wildman–Crippen LogP) is 3.68. The largest absolute Gasteiger partial charge is 0.354 e. The first kappa shape index (κ1) is 18.6. The Morgan fingerprint density at radius 2 is 2.00 bits per heavy atom. The Labute approximate surface area is 178 Å². The quantitative estimate of drug-likeness (QED) is 0.515. The Balaban J connectivity index is 1.78. The molecule has 0 aliphatic carbocycles. The maximum absolute atomic E-state index is 12.2. The van der Waals surface area contributed by atoms with E-state index in [1.165, 1.54) is 0 Å². The van der Waals surface area contributed by atoms with Crippen LogP contribution in [-0.2, 0) is 13.0 Å².